The molecule has 0 aromatic heterocycles. The van der Waals surface area contributed by atoms with Gasteiger partial charge in [-0.05, 0) is 55.5 Å². The number of nitrogens with one attached hydrogen (secondary N) is 3. The van der Waals surface area contributed by atoms with Crippen molar-refractivity contribution in [3.05, 3.63) is 65.7 Å². The molecule has 6 nitrogen and oxygen atoms in total. The third-order valence-electron chi connectivity index (χ3n) is 6.59. The lowest BCUT2D eigenvalue weighted by Gasteiger charge is -2.25. The first-order valence-electron chi connectivity index (χ1n) is 11.8. The number of guanidine groups is 1. The van der Waals surface area contributed by atoms with Crippen LogP contribution in [0.4, 0.5) is 5.69 Å². The zero-order chi connectivity index (χ0) is 22.2. The minimum absolute atomic E-state index is 0. The molecule has 4 rings (SSSR count). The molecule has 7 heteroatoms. The molecule has 3 N–H and O–H groups in total. The second-order valence-corrected chi connectivity index (χ2v) is 8.88. The molecule has 0 radical (unpaired) electrons. The maximum atomic E-state index is 12.2. The minimum Gasteiger partial charge on any atom is -0.355 e. The van der Waals surface area contributed by atoms with Gasteiger partial charge in [-0.3, -0.25) is 14.7 Å². The number of rotatable bonds is 8. The van der Waals surface area contributed by atoms with E-state index in [0.717, 1.165) is 49.7 Å². The quantitative estimate of drug-likeness (QED) is 0.255. The summed E-state index contributed by atoms with van der Waals surface area (Å²) < 4.78 is 0. The van der Waals surface area contributed by atoms with Gasteiger partial charge < -0.3 is 16.0 Å². The number of carbonyl (C=O) groups is 1. The molecule has 2 aromatic carbocycles. The molecule has 2 aromatic rings. The van der Waals surface area contributed by atoms with Gasteiger partial charge in [0, 0.05) is 44.3 Å². The van der Waals surface area contributed by atoms with E-state index in [1.807, 2.05) is 18.2 Å². The monoisotopic (exact) mass is 561 g/mol. The molecule has 1 unspecified atom stereocenters. The number of halogens is 1. The van der Waals surface area contributed by atoms with E-state index in [-0.39, 0.29) is 35.8 Å². The lowest BCUT2D eigenvalue weighted by Crippen LogP contribution is -2.44. The predicted molar refractivity (Wildman–Crippen MR) is 146 cm³/mol. The van der Waals surface area contributed by atoms with Crippen LogP contribution in [0.3, 0.4) is 0 Å². The van der Waals surface area contributed by atoms with E-state index in [4.69, 9.17) is 0 Å². The smallest absolute Gasteiger partial charge is 0.227 e. The highest BCUT2D eigenvalue weighted by molar-refractivity contribution is 14.0. The molecule has 0 bridgehead atoms. The molecule has 1 saturated carbocycles. The Morgan fingerprint density at radius 1 is 1.00 bits per heavy atom. The third-order valence-corrected chi connectivity index (χ3v) is 6.59. The van der Waals surface area contributed by atoms with Crippen molar-refractivity contribution in [2.45, 2.75) is 51.2 Å². The van der Waals surface area contributed by atoms with Gasteiger partial charge in [-0.1, -0.05) is 48.9 Å². The molecular weight excluding hydrogens is 525 g/mol. The van der Waals surface area contributed by atoms with Crippen molar-refractivity contribution in [3.63, 3.8) is 0 Å². The molecule has 1 atom stereocenters. The summed E-state index contributed by atoms with van der Waals surface area (Å²) in [5.74, 6) is 1.15. The molecule has 178 valence electrons. The Labute approximate surface area is 214 Å². The molecule has 33 heavy (non-hydrogen) atoms. The van der Waals surface area contributed by atoms with Gasteiger partial charge in [0.15, 0.2) is 5.96 Å². The van der Waals surface area contributed by atoms with Gasteiger partial charge in [-0.2, -0.15) is 0 Å². The molecule has 0 spiro atoms. The van der Waals surface area contributed by atoms with Crippen LogP contribution in [0, 0.1) is 5.92 Å². The first-order valence-corrected chi connectivity index (χ1v) is 11.8. The van der Waals surface area contributed by atoms with Gasteiger partial charge in [-0.25, -0.2) is 0 Å². The van der Waals surface area contributed by atoms with Gasteiger partial charge in [0.2, 0.25) is 5.91 Å². The number of anilines is 1. The summed E-state index contributed by atoms with van der Waals surface area (Å²) in [7, 11) is 1.81. The highest BCUT2D eigenvalue weighted by atomic mass is 127. The van der Waals surface area contributed by atoms with Gasteiger partial charge >= 0.3 is 0 Å². The van der Waals surface area contributed by atoms with Crippen LogP contribution >= 0.6 is 24.0 Å². The van der Waals surface area contributed by atoms with Crippen LogP contribution in [0.5, 0.6) is 0 Å². The maximum Gasteiger partial charge on any atom is 0.227 e. The number of likely N-dealkylation sites (tertiary alicyclic amines) is 1. The van der Waals surface area contributed by atoms with Crippen molar-refractivity contribution in [1.29, 1.82) is 0 Å². The zero-order valence-corrected chi connectivity index (χ0v) is 21.8. The highest BCUT2D eigenvalue weighted by Gasteiger charge is 2.25. The van der Waals surface area contributed by atoms with Gasteiger partial charge in [0.25, 0.3) is 0 Å². The van der Waals surface area contributed by atoms with Crippen LogP contribution in [0.15, 0.2) is 59.6 Å². The van der Waals surface area contributed by atoms with Crippen LogP contribution in [0.2, 0.25) is 0 Å². The average Bonchev–Trinajstić information content (AvgIpc) is 3.20. The molecule has 1 aliphatic heterocycles. The van der Waals surface area contributed by atoms with Crippen molar-refractivity contribution in [2.24, 2.45) is 10.9 Å². The summed E-state index contributed by atoms with van der Waals surface area (Å²) in [6, 6.07) is 19.2. The van der Waals surface area contributed by atoms with E-state index in [1.54, 1.807) is 7.05 Å². The minimum atomic E-state index is 0. The third kappa shape index (κ3) is 7.43. The number of nitrogens with zero attached hydrogens (tertiary/aromatic N) is 2. The number of hydrogen-bond acceptors (Lipinski definition) is 3. The van der Waals surface area contributed by atoms with Crippen molar-refractivity contribution >= 4 is 41.5 Å². The summed E-state index contributed by atoms with van der Waals surface area (Å²) in [6.07, 6.45) is 5.64. The predicted octanol–water partition coefficient (Wildman–Crippen LogP) is 4.37. The fraction of sp³-hybridized carbons (Fsp3) is 0.462. The molecule has 1 saturated heterocycles. The number of carbonyl (C=O) groups excluding carboxylic acids is 1. The van der Waals surface area contributed by atoms with Crippen LogP contribution in [-0.2, 0) is 17.9 Å². The van der Waals surface area contributed by atoms with Gasteiger partial charge in [0.1, 0.15) is 0 Å². The molecule has 1 heterocycles. The van der Waals surface area contributed by atoms with Gasteiger partial charge in [-0.15, -0.1) is 24.0 Å². The summed E-state index contributed by atoms with van der Waals surface area (Å²) in [5.41, 5.74) is 3.35. The lowest BCUT2D eigenvalue weighted by molar-refractivity contribution is -0.122. The second-order valence-electron chi connectivity index (χ2n) is 8.88. The lowest BCUT2D eigenvalue weighted by atomic mass is 9.85. The molecule has 1 amide bonds. The number of aliphatic imine (C=N–C) groups is 1. The van der Waals surface area contributed by atoms with Crippen LogP contribution in [-0.4, -0.2) is 42.9 Å². The van der Waals surface area contributed by atoms with Crippen LogP contribution in [0.25, 0.3) is 0 Å². The highest BCUT2D eigenvalue weighted by Crippen LogP contribution is 2.27. The second kappa shape index (κ2) is 12.9. The van der Waals surface area contributed by atoms with E-state index >= 15 is 0 Å². The molecule has 2 aliphatic rings. The Bertz CT molecular complexity index is 916. The van der Waals surface area contributed by atoms with Crippen LogP contribution in [0.1, 0.15) is 43.2 Å². The van der Waals surface area contributed by atoms with E-state index in [9.17, 15) is 4.79 Å². The van der Waals surface area contributed by atoms with E-state index in [1.165, 1.54) is 24.8 Å². The van der Waals surface area contributed by atoms with E-state index < -0.39 is 0 Å². The summed E-state index contributed by atoms with van der Waals surface area (Å²) in [5, 5.41) is 9.96. The Hall–Kier alpha value is -2.13. The molecule has 2 fully saturated rings. The topological polar surface area (TPSA) is 68.8 Å². The first-order chi connectivity index (χ1) is 15.7. The fourth-order valence-corrected chi connectivity index (χ4v) is 4.45. The van der Waals surface area contributed by atoms with Crippen LogP contribution < -0.4 is 16.0 Å². The van der Waals surface area contributed by atoms with Gasteiger partial charge in [0.05, 0.1) is 0 Å². The summed E-state index contributed by atoms with van der Waals surface area (Å²) in [4.78, 5) is 19.2. The fourth-order valence-electron chi connectivity index (χ4n) is 4.45. The zero-order valence-electron chi connectivity index (χ0n) is 19.4. The van der Waals surface area contributed by atoms with E-state index in [0.29, 0.717) is 12.6 Å². The molecule has 1 aliphatic carbocycles. The first kappa shape index (κ1) is 25.5. The Morgan fingerprint density at radius 2 is 1.79 bits per heavy atom. The van der Waals surface area contributed by atoms with Crippen molar-refractivity contribution in [1.82, 2.24) is 15.5 Å². The van der Waals surface area contributed by atoms with Crippen molar-refractivity contribution < 1.29 is 4.79 Å². The number of amides is 1. The number of hydrogen-bond donors (Lipinski definition) is 3. The largest absolute Gasteiger partial charge is 0.355 e. The summed E-state index contributed by atoms with van der Waals surface area (Å²) in [6.45, 7) is 3.68. The molecular formula is C26H36IN5O. The van der Waals surface area contributed by atoms with Crippen molar-refractivity contribution in [2.75, 3.05) is 25.5 Å². The Morgan fingerprint density at radius 3 is 2.52 bits per heavy atom. The SMILES string of the molecule is CN=C(NCc1cccc(NC(=O)C2CCC2)c1)NCC1CCCN1Cc1ccccc1.I. The van der Waals surface area contributed by atoms with E-state index in [2.05, 4.69) is 62.2 Å². The standard InChI is InChI=1S/C26H35N5O.HI/c1-27-26(29-18-24-14-7-15-31(24)19-20-8-3-2-4-9-20)28-17-21-10-5-13-23(16-21)30-25(32)22-11-6-12-22;/h2-5,8-10,13,16,22,24H,6-7,11-12,14-15,17-19H2,1H3,(H,30,32)(H2,27,28,29);1H. The average molecular weight is 562 g/mol. The Kier molecular flexibility index (Phi) is 9.99. The summed E-state index contributed by atoms with van der Waals surface area (Å²) >= 11 is 0. The number of benzene rings is 2. The van der Waals surface area contributed by atoms with Crippen molar-refractivity contribution in [3.8, 4) is 0 Å². The normalized spacial score (nSPS) is 18.8. The maximum absolute atomic E-state index is 12.2. The Balaban J connectivity index is 0.00000306.